The number of methoxy groups -OCH3 is 1. The van der Waals surface area contributed by atoms with Gasteiger partial charge in [0, 0.05) is 30.3 Å². The van der Waals surface area contributed by atoms with E-state index >= 15 is 0 Å². The summed E-state index contributed by atoms with van der Waals surface area (Å²) in [5.74, 6) is 0. The van der Waals surface area contributed by atoms with Gasteiger partial charge in [-0.25, -0.2) is 0 Å². The maximum absolute atomic E-state index is 5.07. The van der Waals surface area contributed by atoms with Crippen LogP contribution in [0.15, 0.2) is 28.7 Å². The minimum atomic E-state index is 0.349. The summed E-state index contributed by atoms with van der Waals surface area (Å²) < 4.78 is 6.24. The smallest absolute Gasteiger partial charge is 0.0476 e. The highest BCUT2D eigenvalue weighted by atomic mass is 79.9. The third-order valence-electron chi connectivity index (χ3n) is 2.66. The predicted octanol–water partition coefficient (Wildman–Crippen LogP) is 3.52. The Balaban J connectivity index is 2.52. The molecule has 0 fully saturated rings. The Morgan fingerprint density at radius 1 is 1.31 bits per heavy atom. The first kappa shape index (κ1) is 13.7. The van der Waals surface area contributed by atoms with Crippen molar-refractivity contribution in [1.29, 1.82) is 0 Å². The number of ether oxygens (including phenoxy) is 1. The zero-order chi connectivity index (χ0) is 12.0. The molecule has 0 bridgehead atoms. The summed E-state index contributed by atoms with van der Waals surface area (Å²) in [5, 5.41) is 3.56. The number of rotatable bonds is 6. The van der Waals surface area contributed by atoms with Gasteiger partial charge < -0.3 is 10.1 Å². The van der Waals surface area contributed by atoms with Crippen LogP contribution in [-0.2, 0) is 4.74 Å². The fourth-order valence-corrected chi connectivity index (χ4v) is 2.35. The van der Waals surface area contributed by atoms with E-state index in [1.54, 1.807) is 7.11 Å². The van der Waals surface area contributed by atoms with Gasteiger partial charge in [0.2, 0.25) is 0 Å². The van der Waals surface area contributed by atoms with Crippen LogP contribution in [0, 0.1) is 0 Å². The first-order valence-electron chi connectivity index (χ1n) is 5.64. The topological polar surface area (TPSA) is 21.3 Å². The molecule has 0 aliphatic carbocycles. The molecule has 2 nitrogen and oxygen atoms in total. The Hall–Kier alpha value is -0.380. The lowest BCUT2D eigenvalue weighted by Gasteiger charge is -2.21. The monoisotopic (exact) mass is 285 g/mol. The summed E-state index contributed by atoms with van der Waals surface area (Å²) >= 11 is 3.57. The van der Waals surface area contributed by atoms with Crippen molar-refractivity contribution in [3.8, 4) is 0 Å². The second kappa shape index (κ2) is 7.05. The van der Waals surface area contributed by atoms with Crippen molar-refractivity contribution < 1.29 is 4.74 Å². The molecule has 1 rings (SSSR count). The number of halogens is 1. The SMILES string of the molecule is COCCC(C)N[C@@H](C)c1ccccc1Br. The van der Waals surface area contributed by atoms with Crippen LogP contribution in [0.4, 0.5) is 0 Å². The Morgan fingerprint density at radius 3 is 2.62 bits per heavy atom. The van der Waals surface area contributed by atoms with E-state index in [4.69, 9.17) is 4.74 Å². The first-order chi connectivity index (χ1) is 7.65. The van der Waals surface area contributed by atoms with Gasteiger partial charge in [-0.3, -0.25) is 0 Å². The fraction of sp³-hybridized carbons (Fsp3) is 0.538. The van der Waals surface area contributed by atoms with Gasteiger partial charge in [0.25, 0.3) is 0 Å². The van der Waals surface area contributed by atoms with Crippen molar-refractivity contribution in [2.24, 2.45) is 0 Å². The minimum Gasteiger partial charge on any atom is -0.385 e. The van der Waals surface area contributed by atoms with Crippen molar-refractivity contribution in [2.75, 3.05) is 13.7 Å². The van der Waals surface area contributed by atoms with Gasteiger partial charge in [0.15, 0.2) is 0 Å². The summed E-state index contributed by atoms with van der Waals surface area (Å²) in [6.45, 7) is 5.17. The third-order valence-corrected chi connectivity index (χ3v) is 3.38. The second-order valence-electron chi connectivity index (χ2n) is 4.09. The van der Waals surface area contributed by atoms with Crippen molar-refractivity contribution in [3.05, 3.63) is 34.3 Å². The van der Waals surface area contributed by atoms with Crippen molar-refractivity contribution in [1.82, 2.24) is 5.32 Å². The highest BCUT2D eigenvalue weighted by Crippen LogP contribution is 2.23. The lowest BCUT2D eigenvalue weighted by atomic mass is 10.1. The van der Waals surface area contributed by atoms with E-state index in [1.165, 1.54) is 5.56 Å². The third kappa shape index (κ3) is 4.24. The summed E-state index contributed by atoms with van der Waals surface area (Å²) in [6, 6.07) is 9.13. The standard InChI is InChI=1S/C13H20BrNO/c1-10(8-9-16-3)15-11(2)12-6-4-5-7-13(12)14/h4-7,10-11,15H,8-9H2,1-3H3/t10?,11-/m0/s1. The van der Waals surface area contributed by atoms with Crippen LogP contribution in [-0.4, -0.2) is 19.8 Å². The number of benzene rings is 1. The van der Waals surface area contributed by atoms with Crippen molar-refractivity contribution >= 4 is 15.9 Å². The highest BCUT2D eigenvalue weighted by molar-refractivity contribution is 9.10. The molecule has 1 N–H and O–H groups in total. The van der Waals surface area contributed by atoms with E-state index < -0.39 is 0 Å². The van der Waals surface area contributed by atoms with Crippen LogP contribution in [0.2, 0.25) is 0 Å². The molecule has 2 atom stereocenters. The van der Waals surface area contributed by atoms with Crippen LogP contribution in [0.5, 0.6) is 0 Å². The molecule has 1 aromatic carbocycles. The largest absolute Gasteiger partial charge is 0.385 e. The summed E-state index contributed by atoms with van der Waals surface area (Å²) in [5.41, 5.74) is 1.30. The van der Waals surface area contributed by atoms with Crippen molar-refractivity contribution in [3.63, 3.8) is 0 Å². The molecule has 0 aromatic heterocycles. The lowest BCUT2D eigenvalue weighted by molar-refractivity contribution is 0.183. The average molecular weight is 286 g/mol. The van der Waals surface area contributed by atoms with Gasteiger partial charge in [-0.15, -0.1) is 0 Å². The molecule has 0 spiro atoms. The van der Waals surface area contributed by atoms with Gasteiger partial charge in [-0.1, -0.05) is 34.1 Å². The van der Waals surface area contributed by atoms with Crippen molar-refractivity contribution in [2.45, 2.75) is 32.4 Å². The molecule has 0 radical (unpaired) electrons. The average Bonchev–Trinajstić information content (AvgIpc) is 2.26. The maximum Gasteiger partial charge on any atom is 0.0476 e. The molecule has 0 aliphatic rings. The van der Waals surface area contributed by atoms with Gasteiger partial charge in [0.1, 0.15) is 0 Å². The quantitative estimate of drug-likeness (QED) is 0.864. The minimum absolute atomic E-state index is 0.349. The maximum atomic E-state index is 5.07. The molecule has 3 heteroatoms. The second-order valence-corrected chi connectivity index (χ2v) is 4.95. The van der Waals surface area contributed by atoms with E-state index in [0.717, 1.165) is 17.5 Å². The van der Waals surface area contributed by atoms with Gasteiger partial charge >= 0.3 is 0 Å². The first-order valence-corrected chi connectivity index (χ1v) is 6.44. The molecule has 16 heavy (non-hydrogen) atoms. The normalized spacial score (nSPS) is 14.8. The highest BCUT2D eigenvalue weighted by Gasteiger charge is 2.11. The zero-order valence-electron chi connectivity index (χ0n) is 10.2. The molecule has 0 saturated carbocycles. The molecule has 0 aliphatic heterocycles. The Morgan fingerprint density at radius 2 is 2.00 bits per heavy atom. The number of nitrogens with one attached hydrogen (secondary N) is 1. The van der Waals surface area contributed by atoms with Gasteiger partial charge in [-0.05, 0) is 31.9 Å². The van der Waals surface area contributed by atoms with Crippen LogP contribution in [0.1, 0.15) is 31.9 Å². The van der Waals surface area contributed by atoms with E-state index in [-0.39, 0.29) is 0 Å². The molecular formula is C13H20BrNO. The summed E-state index contributed by atoms with van der Waals surface area (Å²) in [4.78, 5) is 0. The van der Waals surface area contributed by atoms with Gasteiger partial charge in [0.05, 0.1) is 0 Å². The molecule has 1 aromatic rings. The summed E-state index contributed by atoms with van der Waals surface area (Å²) in [6.07, 6.45) is 1.03. The Labute approximate surface area is 107 Å². The van der Waals surface area contributed by atoms with E-state index in [1.807, 2.05) is 6.07 Å². The fourth-order valence-electron chi connectivity index (χ4n) is 1.72. The number of hydrogen-bond donors (Lipinski definition) is 1. The van der Waals surface area contributed by atoms with E-state index in [9.17, 15) is 0 Å². The molecule has 0 heterocycles. The van der Waals surface area contributed by atoms with E-state index in [0.29, 0.717) is 12.1 Å². The van der Waals surface area contributed by atoms with Gasteiger partial charge in [-0.2, -0.15) is 0 Å². The molecule has 1 unspecified atom stereocenters. The van der Waals surface area contributed by atoms with E-state index in [2.05, 4.69) is 53.3 Å². The molecule has 0 amide bonds. The lowest BCUT2D eigenvalue weighted by Crippen LogP contribution is -2.30. The number of hydrogen-bond acceptors (Lipinski definition) is 2. The molecular weight excluding hydrogens is 266 g/mol. The Kier molecular flexibility index (Phi) is 6.03. The van der Waals surface area contributed by atoms with Crippen LogP contribution >= 0.6 is 15.9 Å². The Bertz CT molecular complexity index is 317. The van der Waals surface area contributed by atoms with Crippen LogP contribution < -0.4 is 5.32 Å². The zero-order valence-corrected chi connectivity index (χ0v) is 11.8. The predicted molar refractivity (Wildman–Crippen MR) is 71.6 cm³/mol. The molecule has 0 saturated heterocycles. The summed E-state index contributed by atoms with van der Waals surface area (Å²) in [7, 11) is 1.74. The molecule has 90 valence electrons. The van der Waals surface area contributed by atoms with Crippen LogP contribution in [0.3, 0.4) is 0 Å². The van der Waals surface area contributed by atoms with Crippen LogP contribution in [0.25, 0.3) is 0 Å².